The van der Waals surface area contributed by atoms with Crippen LogP contribution in [0.5, 0.6) is 11.5 Å². The zero-order valence-corrected chi connectivity index (χ0v) is 17.7. The number of aryl methyl sites for hydroxylation is 2. The lowest BCUT2D eigenvalue weighted by molar-refractivity contribution is -0.118. The summed E-state index contributed by atoms with van der Waals surface area (Å²) in [6.45, 7) is 5.51. The molecule has 0 bridgehead atoms. The zero-order valence-electron chi connectivity index (χ0n) is 16.1. The molecule has 152 valence electrons. The van der Waals surface area contributed by atoms with Crippen molar-refractivity contribution in [2.45, 2.75) is 25.5 Å². The number of hydrogen-bond acceptors (Lipinski definition) is 9. The molecule has 0 unspecified atom stereocenters. The number of amides is 1. The second-order valence-corrected chi connectivity index (χ2v) is 8.52. The summed E-state index contributed by atoms with van der Waals surface area (Å²) in [5.41, 5.74) is 1.95. The summed E-state index contributed by atoms with van der Waals surface area (Å²) < 4.78 is 16.7. The second kappa shape index (κ2) is 8.83. The van der Waals surface area contributed by atoms with Crippen molar-refractivity contribution in [1.29, 1.82) is 0 Å². The molecule has 0 spiro atoms. The maximum absolute atomic E-state index is 12.1. The van der Waals surface area contributed by atoms with E-state index in [2.05, 4.69) is 20.5 Å². The van der Waals surface area contributed by atoms with Crippen LogP contribution in [0.25, 0.3) is 10.8 Å². The number of rotatable bonds is 7. The fourth-order valence-electron chi connectivity index (χ4n) is 2.86. The van der Waals surface area contributed by atoms with Gasteiger partial charge in [-0.15, -0.1) is 21.5 Å². The van der Waals surface area contributed by atoms with E-state index in [4.69, 9.17) is 13.9 Å². The third kappa shape index (κ3) is 4.88. The number of benzene rings is 1. The molecule has 1 aliphatic heterocycles. The van der Waals surface area contributed by atoms with Gasteiger partial charge in [-0.25, -0.2) is 4.98 Å². The number of ether oxygens (including phenoxy) is 2. The Labute approximate surface area is 176 Å². The van der Waals surface area contributed by atoms with E-state index in [-0.39, 0.29) is 11.7 Å². The van der Waals surface area contributed by atoms with E-state index in [0.29, 0.717) is 37.3 Å². The van der Waals surface area contributed by atoms with Crippen molar-refractivity contribution >= 4 is 29.0 Å². The first-order valence-corrected chi connectivity index (χ1v) is 10.9. The molecular weight excluding hydrogens is 412 g/mol. The lowest BCUT2D eigenvalue weighted by Gasteiger charge is -2.18. The number of thioether (sulfide) groups is 1. The normalized spacial score (nSPS) is 12.8. The third-order valence-corrected chi connectivity index (χ3v) is 6.05. The second-order valence-electron chi connectivity index (χ2n) is 6.39. The highest BCUT2D eigenvalue weighted by molar-refractivity contribution is 7.99. The van der Waals surface area contributed by atoms with Crippen LogP contribution in [0.1, 0.15) is 16.3 Å². The lowest BCUT2D eigenvalue weighted by atomic mass is 10.1. The molecular formula is C19H20N4O4S2. The molecule has 3 aromatic rings. The van der Waals surface area contributed by atoms with E-state index >= 15 is 0 Å². The summed E-state index contributed by atoms with van der Waals surface area (Å²) in [5, 5.41) is 12.3. The third-order valence-electron chi connectivity index (χ3n) is 4.17. The van der Waals surface area contributed by atoms with E-state index in [1.807, 2.05) is 32.0 Å². The Bertz CT molecular complexity index is 1020. The van der Waals surface area contributed by atoms with Crippen LogP contribution in [0.3, 0.4) is 0 Å². The SMILES string of the molecule is Cc1nc(C)c(-c2nnc(SCC(=O)NCCc3ccc4c(c3)OCCO4)o2)s1. The highest BCUT2D eigenvalue weighted by atomic mass is 32.2. The van der Waals surface area contributed by atoms with Crippen molar-refractivity contribution in [2.24, 2.45) is 0 Å². The summed E-state index contributed by atoms with van der Waals surface area (Å²) in [4.78, 5) is 17.3. The zero-order chi connectivity index (χ0) is 20.2. The van der Waals surface area contributed by atoms with Gasteiger partial charge in [0, 0.05) is 6.54 Å². The molecule has 1 aliphatic rings. The quantitative estimate of drug-likeness (QED) is 0.569. The van der Waals surface area contributed by atoms with Crippen LogP contribution in [0, 0.1) is 13.8 Å². The summed E-state index contributed by atoms with van der Waals surface area (Å²) in [7, 11) is 0. The van der Waals surface area contributed by atoms with Gasteiger partial charge < -0.3 is 19.2 Å². The molecule has 0 saturated heterocycles. The fraction of sp³-hybridized carbons (Fsp3) is 0.368. The Kier molecular flexibility index (Phi) is 6.00. The highest BCUT2D eigenvalue weighted by Gasteiger charge is 2.16. The minimum absolute atomic E-state index is 0.0860. The highest BCUT2D eigenvalue weighted by Crippen LogP contribution is 2.31. The Morgan fingerprint density at radius 2 is 2.03 bits per heavy atom. The van der Waals surface area contributed by atoms with E-state index in [9.17, 15) is 4.79 Å². The van der Waals surface area contributed by atoms with Crippen LogP contribution in [0.2, 0.25) is 0 Å². The van der Waals surface area contributed by atoms with Gasteiger partial charge in [0.2, 0.25) is 5.91 Å². The van der Waals surface area contributed by atoms with E-state index < -0.39 is 0 Å². The number of fused-ring (bicyclic) bond motifs is 1. The monoisotopic (exact) mass is 432 g/mol. The van der Waals surface area contributed by atoms with E-state index in [1.54, 1.807) is 0 Å². The van der Waals surface area contributed by atoms with Crippen molar-refractivity contribution in [1.82, 2.24) is 20.5 Å². The number of carbonyl (C=O) groups excluding carboxylic acids is 1. The van der Waals surface area contributed by atoms with Crippen molar-refractivity contribution in [3.63, 3.8) is 0 Å². The maximum atomic E-state index is 12.1. The molecule has 0 atom stereocenters. The van der Waals surface area contributed by atoms with E-state index in [1.165, 1.54) is 23.1 Å². The number of nitrogens with zero attached hydrogens (tertiary/aromatic N) is 3. The number of carbonyl (C=O) groups is 1. The van der Waals surface area contributed by atoms with Gasteiger partial charge in [0.05, 0.1) is 16.5 Å². The van der Waals surface area contributed by atoms with Crippen LogP contribution >= 0.6 is 23.1 Å². The number of aromatic nitrogens is 3. The molecule has 10 heteroatoms. The average molecular weight is 433 g/mol. The van der Waals surface area contributed by atoms with Gasteiger partial charge in [0.15, 0.2) is 11.5 Å². The minimum atomic E-state index is -0.0860. The van der Waals surface area contributed by atoms with Crippen molar-refractivity contribution in [3.05, 3.63) is 34.5 Å². The van der Waals surface area contributed by atoms with Gasteiger partial charge in [-0.05, 0) is 38.0 Å². The molecule has 1 N–H and O–H groups in total. The van der Waals surface area contributed by atoms with Crippen LogP contribution in [0.4, 0.5) is 0 Å². The van der Waals surface area contributed by atoms with Gasteiger partial charge in [-0.1, -0.05) is 17.8 Å². The summed E-state index contributed by atoms with van der Waals surface area (Å²) >= 11 is 2.73. The summed E-state index contributed by atoms with van der Waals surface area (Å²) in [6.07, 6.45) is 0.710. The summed E-state index contributed by atoms with van der Waals surface area (Å²) in [6, 6.07) is 5.84. The Morgan fingerprint density at radius 1 is 1.21 bits per heavy atom. The molecule has 3 heterocycles. The molecule has 2 aromatic heterocycles. The van der Waals surface area contributed by atoms with Gasteiger partial charge >= 0.3 is 0 Å². The van der Waals surface area contributed by atoms with Crippen molar-refractivity contribution < 1.29 is 18.7 Å². The first-order valence-electron chi connectivity index (χ1n) is 9.14. The topological polar surface area (TPSA) is 99.4 Å². The predicted octanol–water partition coefficient (Wildman–Crippen LogP) is 3.03. The largest absolute Gasteiger partial charge is 0.486 e. The van der Waals surface area contributed by atoms with Crippen molar-refractivity contribution in [2.75, 3.05) is 25.5 Å². The van der Waals surface area contributed by atoms with Gasteiger partial charge in [-0.3, -0.25) is 4.79 Å². The number of thiazole rings is 1. The molecule has 1 aromatic carbocycles. The minimum Gasteiger partial charge on any atom is -0.486 e. The molecule has 8 nitrogen and oxygen atoms in total. The van der Waals surface area contributed by atoms with Gasteiger partial charge in [0.1, 0.15) is 18.1 Å². The Morgan fingerprint density at radius 3 is 2.83 bits per heavy atom. The molecule has 0 aliphatic carbocycles. The smallest absolute Gasteiger partial charge is 0.277 e. The van der Waals surface area contributed by atoms with Crippen LogP contribution in [-0.4, -0.2) is 46.6 Å². The lowest BCUT2D eigenvalue weighted by Crippen LogP contribution is -2.27. The molecule has 0 radical (unpaired) electrons. The van der Waals surface area contributed by atoms with E-state index in [0.717, 1.165) is 32.6 Å². The van der Waals surface area contributed by atoms with Gasteiger partial charge in [-0.2, -0.15) is 0 Å². The van der Waals surface area contributed by atoms with Crippen LogP contribution in [-0.2, 0) is 11.2 Å². The number of hydrogen-bond donors (Lipinski definition) is 1. The standard InChI is InChI=1S/C19H20N4O4S2/c1-11-17(29-12(2)21-11)18-22-23-19(27-18)28-10-16(24)20-6-5-13-3-4-14-15(9-13)26-8-7-25-14/h3-4,9H,5-8,10H2,1-2H3,(H,20,24). The van der Waals surface area contributed by atoms with Gasteiger partial charge in [0.25, 0.3) is 11.1 Å². The van der Waals surface area contributed by atoms with Crippen LogP contribution in [0.15, 0.2) is 27.8 Å². The Balaban J connectivity index is 1.23. The molecule has 0 fully saturated rings. The van der Waals surface area contributed by atoms with Crippen molar-refractivity contribution in [3.8, 4) is 22.3 Å². The molecule has 0 saturated carbocycles. The number of nitrogens with one attached hydrogen (secondary N) is 1. The average Bonchev–Trinajstić information content (AvgIpc) is 3.32. The first-order chi connectivity index (χ1) is 14.1. The molecule has 29 heavy (non-hydrogen) atoms. The Hall–Kier alpha value is -2.59. The molecule has 1 amide bonds. The predicted molar refractivity (Wildman–Crippen MR) is 110 cm³/mol. The molecule has 4 rings (SSSR count). The maximum Gasteiger partial charge on any atom is 0.277 e. The van der Waals surface area contributed by atoms with Crippen LogP contribution < -0.4 is 14.8 Å². The summed E-state index contributed by atoms with van der Waals surface area (Å²) in [5.74, 6) is 2.09. The first kappa shape index (κ1) is 19.7. The fourth-order valence-corrected chi connectivity index (χ4v) is 4.29.